The average Bonchev–Trinajstić information content (AvgIpc) is 2.91. The Labute approximate surface area is 133 Å². The van der Waals surface area contributed by atoms with Crippen LogP contribution in [0.5, 0.6) is 5.75 Å². The minimum absolute atomic E-state index is 0.190. The third kappa shape index (κ3) is 3.84. The van der Waals surface area contributed by atoms with Gasteiger partial charge in [-0.2, -0.15) is 5.26 Å². The highest BCUT2D eigenvalue weighted by Crippen LogP contribution is 2.32. The summed E-state index contributed by atoms with van der Waals surface area (Å²) in [6.45, 7) is 4.43. The van der Waals surface area contributed by atoms with Crippen molar-refractivity contribution >= 4 is 23.3 Å². The smallest absolute Gasteiger partial charge is 0.230 e. The predicted octanol–water partition coefficient (Wildman–Crippen LogP) is 2.39. The van der Waals surface area contributed by atoms with Gasteiger partial charge in [-0.05, 0) is 13.5 Å². The molecule has 2 rings (SSSR count). The molecule has 2 atom stereocenters. The lowest BCUT2D eigenvalue weighted by molar-refractivity contribution is -0.119. The topological polar surface area (TPSA) is 89.2 Å². The van der Waals surface area contributed by atoms with Crippen LogP contribution < -0.4 is 5.32 Å². The van der Waals surface area contributed by atoms with E-state index in [2.05, 4.69) is 16.4 Å². The molecule has 0 aliphatic carbocycles. The number of nitrogens with zero attached hydrogens (tertiary/aromatic N) is 3. The van der Waals surface area contributed by atoms with E-state index in [4.69, 9.17) is 16.9 Å². The lowest BCUT2D eigenvalue weighted by Crippen LogP contribution is -2.26. The number of nitriles is 1. The number of hydrogen-bond acceptors (Lipinski definition) is 5. The fraction of sp³-hybridized carbons (Fsp3) is 0.500. The number of pyridine rings is 1. The number of amides is 1. The van der Waals surface area contributed by atoms with Gasteiger partial charge in [0.2, 0.25) is 5.91 Å². The van der Waals surface area contributed by atoms with E-state index >= 15 is 0 Å². The summed E-state index contributed by atoms with van der Waals surface area (Å²) in [6.07, 6.45) is 1.21. The first kappa shape index (κ1) is 18.1. The standard InChI is InChI=1S/C12H12ClFN4O2.C2H6/c1-18-5-6(2-7(18)3-15)12(20)17-11-10(19)9(13)8(14)4-16-11;1-2/h4,6-7,19H,2,5H2,1H3,(H,16,17,20);1-2H3/t6-,7?;/m0./s1. The zero-order chi connectivity index (χ0) is 16.9. The van der Waals surface area contributed by atoms with Crippen molar-refractivity contribution in [2.45, 2.75) is 26.3 Å². The third-order valence-corrected chi connectivity index (χ3v) is 3.62. The first-order valence-corrected chi connectivity index (χ1v) is 7.25. The molecule has 8 heteroatoms. The van der Waals surface area contributed by atoms with E-state index < -0.39 is 22.5 Å². The molecule has 2 heterocycles. The summed E-state index contributed by atoms with van der Waals surface area (Å²) in [7, 11) is 1.76. The van der Waals surface area contributed by atoms with E-state index in [1.165, 1.54) is 0 Å². The summed E-state index contributed by atoms with van der Waals surface area (Å²) in [6, 6.07) is 1.78. The number of halogens is 2. The molecule has 1 aromatic rings. The monoisotopic (exact) mass is 328 g/mol. The van der Waals surface area contributed by atoms with Crippen molar-refractivity contribution < 1.29 is 14.3 Å². The van der Waals surface area contributed by atoms with Gasteiger partial charge < -0.3 is 10.4 Å². The number of hydrogen-bond donors (Lipinski definition) is 2. The van der Waals surface area contributed by atoms with Gasteiger partial charge in [-0.25, -0.2) is 9.37 Å². The van der Waals surface area contributed by atoms with Gasteiger partial charge in [0.25, 0.3) is 0 Å². The van der Waals surface area contributed by atoms with E-state index in [9.17, 15) is 14.3 Å². The Balaban J connectivity index is 0.00000116. The second kappa shape index (κ2) is 7.92. The van der Waals surface area contributed by atoms with Crippen molar-refractivity contribution in [1.29, 1.82) is 5.26 Å². The second-order valence-corrected chi connectivity index (χ2v) is 5.00. The summed E-state index contributed by atoms with van der Waals surface area (Å²) in [5.41, 5.74) is 0. The molecule has 1 aliphatic rings. The number of carbonyl (C=O) groups excluding carboxylic acids is 1. The normalized spacial score (nSPS) is 20.7. The van der Waals surface area contributed by atoms with Gasteiger partial charge in [0, 0.05) is 6.54 Å². The molecule has 0 saturated carbocycles. The maximum Gasteiger partial charge on any atom is 0.230 e. The summed E-state index contributed by atoms with van der Waals surface area (Å²) in [4.78, 5) is 17.4. The van der Waals surface area contributed by atoms with E-state index in [0.717, 1.165) is 6.20 Å². The molecule has 6 nitrogen and oxygen atoms in total. The van der Waals surface area contributed by atoms with Crippen LogP contribution >= 0.6 is 11.6 Å². The molecule has 1 fully saturated rings. The highest BCUT2D eigenvalue weighted by Gasteiger charge is 2.34. The van der Waals surface area contributed by atoms with Crippen LogP contribution in [-0.2, 0) is 4.79 Å². The number of anilines is 1. The van der Waals surface area contributed by atoms with Crippen LogP contribution in [0.25, 0.3) is 0 Å². The van der Waals surface area contributed by atoms with Crippen LogP contribution in [0.15, 0.2) is 6.20 Å². The molecule has 0 radical (unpaired) electrons. The highest BCUT2D eigenvalue weighted by atomic mass is 35.5. The summed E-state index contributed by atoms with van der Waals surface area (Å²) >= 11 is 5.53. The molecule has 0 spiro atoms. The van der Waals surface area contributed by atoms with Crippen molar-refractivity contribution in [1.82, 2.24) is 9.88 Å². The summed E-state index contributed by atoms with van der Waals surface area (Å²) < 4.78 is 13.0. The molecule has 1 aromatic heterocycles. The van der Waals surface area contributed by atoms with Gasteiger partial charge in [-0.15, -0.1) is 0 Å². The zero-order valence-corrected chi connectivity index (χ0v) is 13.4. The lowest BCUT2D eigenvalue weighted by Gasteiger charge is -2.12. The number of nitrogens with one attached hydrogen (secondary N) is 1. The SMILES string of the molecule is CC.CN1C[C@@H](C(=O)Nc2ncc(F)c(Cl)c2O)CC1C#N. The van der Waals surface area contributed by atoms with E-state index in [1.807, 2.05) is 13.8 Å². The Morgan fingerprint density at radius 1 is 1.64 bits per heavy atom. The zero-order valence-electron chi connectivity index (χ0n) is 12.6. The molecule has 0 aromatic carbocycles. The minimum atomic E-state index is -0.868. The highest BCUT2D eigenvalue weighted by molar-refractivity contribution is 6.32. The molecule has 2 N–H and O–H groups in total. The third-order valence-electron chi connectivity index (χ3n) is 3.26. The Morgan fingerprint density at radius 3 is 2.82 bits per heavy atom. The van der Waals surface area contributed by atoms with E-state index in [1.54, 1.807) is 11.9 Å². The number of aromatic hydroxyl groups is 1. The van der Waals surface area contributed by atoms with E-state index in [-0.39, 0.29) is 17.8 Å². The first-order valence-electron chi connectivity index (χ1n) is 6.87. The number of likely N-dealkylation sites (tertiary alicyclic amines) is 1. The quantitative estimate of drug-likeness (QED) is 0.870. The van der Waals surface area contributed by atoms with Crippen molar-refractivity contribution in [2.75, 3.05) is 18.9 Å². The summed E-state index contributed by atoms with van der Waals surface area (Å²) in [5, 5.41) is 20.4. The second-order valence-electron chi connectivity index (χ2n) is 4.62. The van der Waals surface area contributed by atoms with E-state index in [0.29, 0.717) is 13.0 Å². The molecule has 120 valence electrons. The lowest BCUT2D eigenvalue weighted by atomic mass is 10.1. The van der Waals surface area contributed by atoms with Crippen LogP contribution in [0, 0.1) is 23.1 Å². The molecule has 1 saturated heterocycles. The Hall–Kier alpha value is -1.91. The number of aromatic nitrogens is 1. The molecular weight excluding hydrogens is 311 g/mol. The van der Waals surface area contributed by atoms with Crippen molar-refractivity contribution in [3.8, 4) is 11.8 Å². The predicted molar refractivity (Wildman–Crippen MR) is 81.0 cm³/mol. The largest absolute Gasteiger partial charge is 0.503 e. The number of rotatable bonds is 2. The average molecular weight is 329 g/mol. The van der Waals surface area contributed by atoms with Crippen LogP contribution in [0.2, 0.25) is 5.02 Å². The van der Waals surface area contributed by atoms with Crippen molar-refractivity contribution in [2.24, 2.45) is 5.92 Å². The summed E-state index contributed by atoms with van der Waals surface area (Å²) in [5.74, 6) is -2.45. The molecule has 22 heavy (non-hydrogen) atoms. The van der Waals surface area contributed by atoms with Crippen LogP contribution in [0.3, 0.4) is 0 Å². The molecule has 1 amide bonds. The van der Waals surface area contributed by atoms with Gasteiger partial charge in [0.05, 0.1) is 24.2 Å². The Morgan fingerprint density at radius 2 is 2.27 bits per heavy atom. The fourth-order valence-electron chi connectivity index (χ4n) is 2.11. The maximum absolute atomic E-state index is 13.0. The van der Waals surface area contributed by atoms with Crippen molar-refractivity contribution in [3.05, 3.63) is 17.0 Å². The van der Waals surface area contributed by atoms with Crippen LogP contribution in [-0.4, -0.2) is 40.5 Å². The Kier molecular flexibility index (Phi) is 6.53. The van der Waals surface area contributed by atoms with Gasteiger partial charge in [0.15, 0.2) is 17.4 Å². The van der Waals surface area contributed by atoms with Crippen LogP contribution in [0.4, 0.5) is 10.2 Å². The molecule has 1 aliphatic heterocycles. The van der Waals surface area contributed by atoms with Gasteiger partial charge in [-0.1, -0.05) is 25.4 Å². The first-order chi connectivity index (χ1) is 10.4. The number of carbonyl (C=O) groups is 1. The fourth-order valence-corrected chi connectivity index (χ4v) is 2.24. The van der Waals surface area contributed by atoms with Gasteiger partial charge in [-0.3, -0.25) is 9.69 Å². The Bertz CT molecular complexity index is 591. The van der Waals surface area contributed by atoms with Gasteiger partial charge in [0.1, 0.15) is 5.02 Å². The molecule has 0 bridgehead atoms. The van der Waals surface area contributed by atoms with Gasteiger partial charge >= 0.3 is 0 Å². The molecular formula is C14H18ClFN4O2. The van der Waals surface area contributed by atoms with Crippen molar-refractivity contribution in [3.63, 3.8) is 0 Å². The van der Waals surface area contributed by atoms with Crippen LogP contribution in [0.1, 0.15) is 20.3 Å². The molecule has 1 unspecified atom stereocenters. The maximum atomic E-state index is 13.0. The minimum Gasteiger partial charge on any atom is -0.503 e.